The molecule has 2 rings (SSSR count). The van der Waals surface area contributed by atoms with Crippen LogP contribution in [0.15, 0.2) is 24.3 Å². The first-order valence-electron chi connectivity index (χ1n) is 3.85. The molecular formula is C8H7N3O2S. The minimum atomic E-state index is 0.426. The van der Waals surface area contributed by atoms with Gasteiger partial charge in [-0.05, 0) is 29.5 Å². The fourth-order valence-corrected chi connectivity index (χ4v) is 1.26. The average molecular weight is 209 g/mol. The van der Waals surface area contributed by atoms with Gasteiger partial charge in [-0.2, -0.15) is 0 Å². The molecule has 1 heterocycles. The van der Waals surface area contributed by atoms with Crippen molar-refractivity contribution < 1.29 is 9.47 Å². The molecule has 6 heteroatoms. The van der Waals surface area contributed by atoms with Crippen LogP contribution in [0.1, 0.15) is 0 Å². The molecule has 0 aliphatic carbocycles. The normalized spacial score (nSPS) is 9.79. The van der Waals surface area contributed by atoms with Gasteiger partial charge >= 0.3 is 5.19 Å². The first-order chi connectivity index (χ1) is 6.88. The summed E-state index contributed by atoms with van der Waals surface area (Å²) in [7, 11) is 1.62. The van der Waals surface area contributed by atoms with Gasteiger partial charge in [0, 0.05) is 11.5 Å². The number of nitrogens with zero attached hydrogens (tertiary/aromatic N) is 3. The van der Waals surface area contributed by atoms with E-state index in [1.54, 1.807) is 19.2 Å². The highest BCUT2D eigenvalue weighted by Crippen LogP contribution is 2.23. The van der Waals surface area contributed by atoms with E-state index in [2.05, 4.69) is 14.8 Å². The molecule has 0 N–H and O–H groups in total. The van der Waals surface area contributed by atoms with Gasteiger partial charge in [0.05, 0.1) is 7.11 Å². The molecule has 72 valence electrons. The molecule has 5 nitrogen and oxygen atoms in total. The van der Waals surface area contributed by atoms with E-state index in [-0.39, 0.29) is 0 Å². The van der Waals surface area contributed by atoms with Gasteiger partial charge in [-0.1, -0.05) is 9.59 Å². The van der Waals surface area contributed by atoms with Crippen LogP contribution in [0.2, 0.25) is 0 Å². The van der Waals surface area contributed by atoms with Gasteiger partial charge in [0.2, 0.25) is 0 Å². The standard InChI is InChI=1S/C8H7N3O2S/c1-12-6-2-4-7(5-3-6)13-8-9-10-11-14-8/h2-5H,1H3. The number of rotatable bonds is 3. The van der Waals surface area contributed by atoms with Crippen molar-refractivity contribution in [2.75, 3.05) is 7.11 Å². The first-order valence-corrected chi connectivity index (χ1v) is 4.63. The second kappa shape index (κ2) is 4.01. The Labute approximate surface area is 84.5 Å². The third-order valence-corrected chi connectivity index (χ3v) is 2.02. The topological polar surface area (TPSA) is 57.1 Å². The van der Waals surface area contributed by atoms with Crippen molar-refractivity contribution in [3.8, 4) is 16.7 Å². The Morgan fingerprint density at radius 3 is 2.43 bits per heavy atom. The zero-order chi connectivity index (χ0) is 9.80. The molecule has 2 aromatic rings. The van der Waals surface area contributed by atoms with Gasteiger partial charge in [-0.3, -0.25) is 0 Å². The lowest BCUT2D eigenvalue weighted by Crippen LogP contribution is -1.85. The number of hydrogen-bond donors (Lipinski definition) is 0. The van der Waals surface area contributed by atoms with Crippen molar-refractivity contribution >= 4 is 11.5 Å². The molecular weight excluding hydrogens is 202 g/mol. The second-order valence-electron chi connectivity index (χ2n) is 2.41. The van der Waals surface area contributed by atoms with Gasteiger partial charge in [0.25, 0.3) is 0 Å². The highest BCUT2D eigenvalue weighted by molar-refractivity contribution is 7.07. The van der Waals surface area contributed by atoms with Gasteiger partial charge < -0.3 is 9.47 Å². The second-order valence-corrected chi connectivity index (χ2v) is 3.10. The summed E-state index contributed by atoms with van der Waals surface area (Å²) < 4.78 is 13.9. The van der Waals surface area contributed by atoms with Crippen molar-refractivity contribution in [2.45, 2.75) is 0 Å². The monoisotopic (exact) mass is 209 g/mol. The zero-order valence-corrected chi connectivity index (χ0v) is 8.19. The summed E-state index contributed by atoms with van der Waals surface area (Å²) in [6, 6.07) is 7.20. The van der Waals surface area contributed by atoms with E-state index in [1.807, 2.05) is 12.1 Å². The lowest BCUT2D eigenvalue weighted by molar-refractivity contribution is 0.412. The summed E-state index contributed by atoms with van der Waals surface area (Å²) in [5, 5.41) is 7.51. The van der Waals surface area contributed by atoms with Crippen LogP contribution in [0.3, 0.4) is 0 Å². The Morgan fingerprint density at radius 1 is 1.14 bits per heavy atom. The van der Waals surface area contributed by atoms with Crippen LogP contribution in [0.25, 0.3) is 0 Å². The van der Waals surface area contributed by atoms with Crippen molar-refractivity contribution in [1.82, 2.24) is 14.8 Å². The number of aromatic nitrogens is 3. The fourth-order valence-electron chi connectivity index (χ4n) is 0.910. The minimum Gasteiger partial charge on any atom is -0.497 e. The maximum absolute atomic E-state index is 5.34. The third-order valence-electron chi connectivity index (χ3n) is 1.55. The summed E-state index contributed by atoms with van der Waals surface area (Å²) in [4.78, 5) is 0. The van der Waals surface area contributed by atoms with Crippen molar-refractivity contribution in [2.24, 2.45) is 0 Å². The molecule has 0 unspecified atom stereocenters. The highest BCUT2D eigenvalue weighted by Gasteiger charge is 2.00. The highest BCUT2D eigenvalue weighted by atomic mass is 32.1. The van der Waals surface area contributed by atoms with Crippen LogP contribution < -0.4 is 9.47 Å². The quantitative estimate of drug-likeness (QED) is 0.770. The molecule has 0 bridgehead atoms. The molecule has 0 aliphatic heterocycles. The van der Waals surface area contributed by atoms with E-state index in [4.69, 9.17) is 9.47 Å². The molecule has 0 aliphatic rings. The molecule has 0 amide bonds. The van der Waals surface area contributed by atoms with Crippen molar-refractivity contribution in [3.05, 3.63) is 24.3 Å². The summed E-state index contributed by atoms with van der Waals surface area (Å²) in [5.74, 6) is 1.47. The lowest BCUT2D eigenvalue weighted by Gasteiger charge is -2.01. The predicted octanol–water partition coefficient (Wildman–Crippen LogP) is 1.73. The summed E-state index contributed by atoms with van der Waals surface area (Å²) in [6.45, 7) is 0. The number of ether oxygens (including phenoxy) is 2. The molecule has 1 aromatic carbocycles. The lowest BCUT2D eigenvalue weighted by atomic mass is 10.3. The van der Waals surface area contributed by atoms with E-state index in [9.17, 15) is 0 Å². The van der Waals surface area contributed by atoms with Crippen molar-refractivity contribution in [1.29, 1.82) is 0 Å². The predicted molar refractivity (Wildman–Crippen MR) is 50.8 cm³/mol. The summed E-state index contributed by atoms with van der Waals surface area (Å²) >= 11 is 1.10. The van der Waals surface area contributed by atoms with Crippen LogP contribution >= 0.6 is 11.5 Å². The molecule has 0 saturated carbocycles. The van der Waals surface area contributed by atoms with E-state index in [1.165, 1.54) is 0 Å². The van der Waals surface area contributed by atoms with Crippen LogP contribution in [0, 0.1) is 0 Å². The Balaban J connectivity index is 2.10. The molecule has 0 fully saturated rings. The maximum atomic E-state index is 5.34. The Morgan fingerprint density at radius 2 is 1.86 bits per heavy atom. The van der Waals surface area contributed by atoms with Crippen LogP contribution in [-0.4, -0.2) is 21.9 Å². The Hall–Kier alpha value is -1.69. The SMILES string of the molecule is COc1ccc(Oc2nnns2)cc1. The molecule has 0 radical (unpaired) electrons. The smallest absolute Gasteiger partial charge is 0.319 e. The van der Waals surface area contributed by atoms with Crippen LogP contribution in [0.5, 0.6) is 16.7 Å². The van der Waals surface area contributed by atoms with E-state index >= 15 is 0 Å². The summed E-state index contributed by atoms with van der Waals surface area (Å²) in [6.07, 6.45) is 0. The third kappa shape index (κ3) is 1.97. The molecule has 0 spiro atoms. The van der Waals surface area contributed by atoms with Gasteiger partial charge in [-0.25, -0.2) is 0 Å². The Kier molecular flexibility index (Phi) is 2.55. The van der Waals surface area contributed by atoms with Gasteiger partial charge in [0.1, 0.15) is 11.5 Å². The largest absolute Gasteiger partial charge is 0.497 e. The number of methoxy groups -OCH3 is 1. The number of benzene rings is 1. The van der Waals surface area contributed by atoms with E-state index < -0.39 is 0 Å². The summed E-state index contributed by atoms with van der Waals surface area (Å²) in [5.41, 5.74) is 0. The maximum Gasteiger partial charge on any atom is 0.319 e. The van der Waals surface area contributed by atoms with Gasteiger partial charge in [0.15, 0.2) is 0 Å². The van der Waals surface area contributed by atoms with Gasteiger partial charge in [-0.15, -0.1) is 0 Å². The number of hydrogen-bond acceptors (Lipinski definition) is 6. The van der Waals surface area contributed by atoms with E-state index in [0.717, 1.165) is 17.3 Å². The van der Waals surface area contributed by atoms with Crippen molar-refractivity contribution in [3.63, 3.8) is 0 Å². The molecule has 1 aromatic heterocycles. The Bertz CT molecular complexity index is 387. The van der Waals surface area contributed by atoms with E-state index in [0.29, 0.717) is 10.9 Å². The minimum absolute atomic E-state index is 0.426. The zero-order valence-electron chi connectivity index (χ0n) is 7.38. The van der Waals surface area contributed by atoms with Crippen LogP contribution in [-0.2, 0) is 0 Å². The van der Waals surface area contributed by atoms with Crippen LogP contribution in [0.4, 0.5) is 0 Å². The first kappa shape index (κ1) is 8.89. The molecule has 14 heavy (non-hydrogen) atoms. The molecule has 0 atom stereocenters. The average Bonchev–Trinajstić information content (AvgIpc) is 2.72. The fraction of sp³-hybridized carbons (Fsp3) is 0.125. The molecule has 0 saturated heterocycles.